The summed E-state index contributed by atoms with van der Waals surface area (Å²) in [5, 5.41) is 2.91. The van der Waals surface area contributed by atoms with Crippen LogP contribution >= 0.6 is 22.6 Å². The average molecular weight is 498 g/mol. The highest BCUT2D eigenvalue weighted by molar-refractivity contribution is 14.1. The molecule has 0 bridgehead atoms. The van der Waals surface area contributed by atoms with Crippen molar-refractivity contribution in [1.82, 2.24) is 5.32 Å². The molecule has 0 fully saturated rings. The lowest BCUT2D eigenvalue weighted by atomic mass is 9.75. The van der Waals surface area contributed by atoms with Gasteiger partial charge in [0, 0.05) is 9.99 Å². The third-order valence-corrected chi connectivity index (χ3v) is 5.81. The molecule has 3 aromatic carbocycles. The fraction of sp³-hybridized carbons (Fsp3) is 0.167. The third kappa shape index (κ3) is 4.85. The monoisotopic (exact) mass is 498 g/mol. The summed E-state index contributed by atoms with van der Waals surface area (Å²) in [5.41, 5.74) is 7.32. The number of rotatable bonds is 7. The Balaban J connectivity index is 1.94. The lowest BCUT2D eigenvalue weighted by Crippen LogP contribution is -2.52. The highest BCUT2D eigenvalue weighted by atomic mass is 127. The highest BCUT2D eigenvalue weighted by Crippen LogP contribution is 2.32. The minimum absolute atomic E-state index is 0.260. The molecule has 0 saturated carbocycles. The molecule has 0 radical (unpaired) electrons. The lowest BCUT2D eigenvalue weighted by molar-refractivity contribution is -0.129. The number of nitrogens with one attached hydrogen (secondary N) is 1. The Labute approximate surface area is 184 Å². The summed E-state index contributed by atoms with van der Waals surface area (Å²) in [6.45, 7) is 1.87. The molecular weight excluding hydrogens is 475 g/mol. The first-order valence-electron chi connectivity index (χ1n) is 9.37. The molecule has 3 N–H and O–H groups in total. The van der Waals surface area contributed by atoms with Gasteiger partial charge in [-0.05, 0) is 58.3 Å². The van der Waals surface area contributed by atoms with Crippen molar-refractivity contribution in [2.45, 2.75) is 24.8 Å². The predicted molar refractivity (Wildman–Crippen MR) is 123 cm³/mol. The minimum atomic E-state index is -0.957. The van der Waals surface area contributed by atoms with E-state index in [-0.39, 0.29) is 5.91 Å². The Morgan fingerprint density at radius 3 is 1.97 bits per heavy atom. The van der Waals surface area contributed by atoms with Gasteiger partial charge in [-0.1, -0.05) is 72.8 Å². The Kier molecular flexibility index (Phi) is 6.69. The number of nitrogens with two attached hydrogens (primary N) is 1. The van der Waals surface area contributed by atoms with Crippen LogP contribution in [0.5, 0.6) is 0 Å². The van der Waals surface area contributed by atoms with Crippen LogP contribution in [0.25, 0.3) is 0 Å². The van der Waals surface area contributed by atoms with E-state index in [4.69, 9.17) is 5.73 Å². The topological polar surface area (TPSA) is 72.2 Å². The number of carbonyl (C=O) groups is 2. The van der Waals surface area contributed by atoms with E-state index in [2.05, 4.69) is 27.9 Å². The summed E-state index contributed by atoms with van der Waals surface area (Å²) in [4.78, 5) is 25.6. The average Bonchev–Trinajstić information content (AvgIpc) is 2.73. The second kappa shape index (κ2) is 9.22. The molecule has 0 unspecified atom stereocenters. The van der Waals surface area contributed by atoms with Crippen LogP contribution in [0.1, 0.15) is 23.6 Å². The van der Waals surface area contributed by atoms with E-state index < -0.39 is 17.4 Å². The molecule has 5 heteroatoms. The van der Waals surface area contributed by atoms with Gasteiger partial charge < -0.3 is 11.1 Å². The van der Waals surface area contributed by atoms with Gasteiger partial charge in [-0.3, -0.25) is 9.59 Å². The number of carbonyl (C=O) groups excluding carboxylic acids is 2. The molecule has 0 aliphatic heterocycles. The quantitative estimate of drug-likeness (QED) is 0.487. The molecule has 29 heavy (non-hydrogen) atoms. The van der Waals surface area contributed by atoms with Crippen molar-refractivity contribution in [3.63, 3.8) is 0 Å². The zero-order valence-corrected chi connectivity index (χ0v) is 18.3. The van der Waals surface area contributed by atoms with E-state index in [1.807, 2.05) is 91.9 Å². The van der Waals surface area contributed by atoms with E-state index in [0.717, 1.165) is 20.3 Å². The van der Waals surface area contributed by atoms with Crippen LogP contribution in [0.3, 0.4) is 0 Å². The van der Waals surface area contributed by atoms with Crippen molar-refractivity contribution < 1.29 is 9.59 Å². The largest absolute Gasteiger partial charge is 0.368 e. The minimum Gasteiger partial charge on any atom is -0.368 e. The first-order valence-corrected chi connectivity index (χ1v) is 10.4. The van der Waals surface area contributed by atoms with Crippen LogP contribution < -0.4 is 11.1 Å². The molecule has 0 aromatic heterocycles. The molecule has 0 aliphatic rings. The van der Waals surface area contributed by atoms with Gasteiger partial charge in [0.2, 0.25) is 11.8 Å². The smallest absolute Gasteiger partial charge is 0.240 e. The molecule has 3 rings (SSSR count). The SMILES string of the molecule is CC(C(=O)N[C@H](Cc1cccc(I)c1)C(N)=O)(c1ccccc1)c1ccccc1. The van der Waals surface area contributed by atoms with Crippen molar-refractivity contribution in [2.75, 3.05) is 0 Å². The molecule has 0 spiro atoms. The zero-order valence-electron chi connectivity index (χ0n) is 16.1. The second-order valence-corrected chi connectivity index (χ2v) is 8.37. The summed E-state index contributed by atoms with van der Waals surface area (Å²) in [5.74, 6) is -0.815. The number of amides is 2. The van der Waals surface area contributed by atoms with Crippen molar-refractivity contribution in [2.24, 2.45) is 5.73 Å². The maximum Gasteiger partial charge on any atom is 0.240 e. The Hall–Kier alpha value is -2.67. The van der Waals surface area contributed by atoms with Crippen molar-refractivity contribution in [1.29, 1.82) is 0 Å². The maximum atomic E-state index is 13.5. The second-order valence-electron chi connectivity index (χ2n) is 7.12. The lowest BCUT2D eigenvalue weighted by Gasteiger charge is -2.31. The van der Waals surface area contributed by atoms with Gasteiger partial charge >= 0.3 is 0 Å². The molecule has 148 valence electrons. The summed E-state index contributed by atoms with van der Waals surface area (Å²) >= 11 is 2.22. The fourth-order valence-electron chi connectivity index (χ4n) is 3.40. The maximum absolute atomic E-state index is 13.5. The van der Waals surface area contributed by atoms with Gasteiger partial charge in [0.25, 0.3) is 0 Å². The van der Waals surface area contributed by atoms with E-state index in [1.165, 1.54) is 0 Å². The van der Waals surface area contributed by atoms with E-state index in [0.29, 0.717) is 6.42 Å². The fourth-order valence-corrected chi connectivity index (χ4v) is 4.00. The van der Waals surface area contributed by atoms with Crippen LogP contribution in [-0.4, -0.2) is 17.9 Å². The van der Waals surface area contributed by atoms with E-state index in [1.54, 1.807) is 0 Å². The molecule has 1 atom stereocenters. The van der Waals surface area contributed by atoms with Gasteiger partial charge in [-0.25, -0.2) is 0 Å². The van der Waals surface area contributed by atoms with Crippen LogP contribution in [0.2, 0.25) is 0 Å². The number of hydrogen-bond donors (Lipinski definition) is 2. The van der Waals surface area contributed by atoms with Crippen molar-refractivity contribution >= 4 is 34.4 Å². The van der Waals surface area contributed by atoms with Crippen molar-refractivity contribution in [3.8, 4) is 0 Å². The number of hydrogen-bond acceptors (Lipinski definition) is 2. The molecule has 3 aromatic rings. The van der Waals surface area contributed by atoms with Crippen LogP contribution in [0, 0.1) is 3.57 Å². The van der Waals surface area contributed by atoms with Crippen LogP contribution in [-0.2, 0) is 21.4 Å². The third-order valence-electron chi connectivity index (χ3n) is 5.13. The van der Waals surface area contributed by atoms with Crippen LogP contribution in [0.15, 0.2) is 84.9 Å². The van der Waals surface area contributed by atoms with Gasteiger partial charge in [0.15, 0.2) is 0 Å². The highest BCUT2D eigenvalue weighted by Gasteiger charge is 2.38. The van der Waals surface area contributed by atoms with Crippen molar-refractivity contribution in [3.05, 3.63) is 105 Å². The number of primary amides is 1. The standard InChI is InChI=1S/C24H23IN2O2/c1-24(18-10-4-2-5-11-18,19-12-6-3-7-13-19)23(29)27-21(22(26)28)16-17-9-8-14-20(25)15-17/h2-15,21H,16H2,1H3,(H2,26,28)(H,27,29)/t21-/m1/s1. The van der Waals surface area contributed by atoms with Gasteiger partial charge in [-0.15, -0.1) is 0 Å². The van der Waals surface area contributed by atoms with E-state index >= 15 is 0 Å². The first kappa shape index (κ1) is 21.0. The van der Waals surface area contributed by atoms with Gasteiger partial charge in [0.1, 0.15) is 6.04 Å². The van der Waals surface area contributed by atoms with Crippen LogP contribution in [0.4, 0.5) is 0 Å². The summed E-state index contributed by atoms with van der Waals surface area (Å²) in [6, 6.07) is 26.1. The molecular formula is C24H23IN2O2. The number of benzene rings is 3. The summed E-state index contributed by atoms with van der Waals surface area (Å²) in [6.07, 6.45) is 0.345. The predicted octanol–water partition coefficient (Wildman–Crippen LogP) is 3.81. The molecule has 4 nitrogen and oxygen atoms in total. The molecule has 2 amide bonds. The summed E-state index contributed by atoms with van der Waals surface area (Å²) in [7, 11) is 0. The van der Waals surface area contributed by atoms with Gasteiger partial charge in [-0.2, -0.15) is 0 Å². The Bertz CT molecular complexity index is 951. The number of halogens is 1. The Morgan fingerprint density at radius 2 is 1.48 bits per heavy atom. The molecule has 0 saturated heterocycles. The summed E-state index contributed by atoms with van der Waals surface area (Å²) < 4.78 is 1.06. The first-order chi connectivity index (χ1) is 13.9. The molecule has 0 heterocycles. The Morgan fingerprint density at radius 1 is 0.931 bits per heavy atom. The van der Waals surface area contributed by atoms with E-state index in [9.17, 15) is 9.59 Å². The normalized spacial score (nSPS) is 12.2. The molecule has 0 aliphatic carbocycles. The van der Waals surface area contributed by atoms with Gasteiger partial charge in [0.05, 0.1) is 5.41 Å². The zero-order chi connectivity index (χ0) is 20.9.